The second kappa shape index (κ2) is 10.4. The molecule has 1 saturated heterocycles. The molecule has 1 saturated carbocycles. The van der Waals surface area contributed by atoms with E-state index in [4.69, 9.17) is 4.74 Å². The number of nitrogens with one attached hydrogen (secondary N) is 1. The molecule has 2 atom stereocenters. The van der Waals surface area contributed by atoms with Gasteiger partial charge in [-0.1, -0.05) is 37.8 Å². The number of rotatable bonds is 8. The molecule has 34 heavy (non-hydrogen) atoms. The number of tetrazole rings is 1. The summed E-state index contributed by atoms with van der Waals surface area (Å²) < 4.78 is 8.08. The van der Waals surface area contributed by atoms with Crippen LogP contribution < -0.4 is 5.56 Å². The summed E-state index contributed by atoms with van der Waals surface area (Å²) in [6, 6.07) is 8.56. The van der Waals surface area contributed by atoms with E-state index >= 15 is 0 Å². The lowest BCUT2D eigenvalue weighted by Crippen LogP contribution is -2.38. The number of fused-ring (bicyclic) bond motifs is 1. The molecule has 1 aliphatic carbocycles. The summed E-state index contributed by atoms with van der Waals surface area (Å²) >= 11 is 0. The van der Waals surface area contributed by atoms with Crippen LogP contribution in [0.25, 0.3) is 10.9 Å². The van der Waals surface area contributed by atoms with Crippen molar-refractivity contribution in [1.82, 2.24) is 30.1 Å². The van der Waals surface area contributed by atoms with E-state index in [0.717, 1.165) is 67.5 Å². The molecule has 1 N–H and O–H groups in total. The molecule has 2 aromatic heterocycles. The Morgan fingerprint density at radius 2 is 2.03 bits per heavy atom. The maximum absolute atomic E-state index is 13.0. The molecule has 1 aliphatic heterocycles. The van der Waals surface area contributed by atoms with Crippen molar-refractivity contribution in [3.05, 3.63) is 51.6 Å². The number of H-pyrrole nitrogens is 1. The van der Waals surface area contributed by atoms with Crippen molar-refractivity contribution in [1.29, 1.82) is 0 Å². The molecule has 0 amide bonds. The van der Waals surface area contributed by atoms with Gasteiger partial charge in [0.2, 0.25) is 0 Å². The topological polar surface area (TPSA) is 88.9 Å². The Bertz CT molecular complexity index is 1160. The number of benzene rings is 1. The first-order chi connectivity index (χ1) is 16.6. The van der Waals surface area contributed by atoms with Crippen LogP contribution in [0.15, 0.2) is 29.1 Å². The number of ether oxygens (including phenoxy) is 1. The van der Waals surface area contributed by atoms with Gasteiger partial charge in [-0.2, -0.15) is 0 Å². The summed E-state index contributed by atoms with van der Waals surface area (Å²) in [6.45, 7) is 6.37. The van der Waals surface area contributed by atoms with Gasteiger partial charge in [-0.3, -0.25) is 9.69 Å². The van der Waals surface area contributed by atoms with Gasteiger partial charge in [-0.15, -0.1) is 5.10 Å². The van der Waals surface area contributed by atoms with Crippen LogP contribution in [0, 0.1) is 6.92 Å². The molecule has 5 rings (SSSR count). The predicted octanol–water partition coefficient (Wildman–Crippen LogP) is 4.46. The van der Waals surface area contributed by atoms with E-state index in [-0.39, 0.29) is 17.7 Å². The van der Waals surface area contributed by atoms with E-state index in [0.29, 0.717) is 12.6 Å². The largest absolute Gasteiger partial charge is 0.377 e. The summed E-state index contributed by atoms with van der Waals surface area (Å²) in [5, 5.41) is 14.1. The Balaban J connectivity index is 1.48. The highest BCUT2D eigenvalue weighted by Crippen LogP contribution is 2.32. The molecule has 0 radical (unpaired) electrons. The van der Waals surface area contributed by atoms with E-state index in [2.05, 4.69) is 50.0 Å². The minimum Gasteiger partial charge on any atom is -0.377 e. The van der Waals surface area contributed by atoms with Gasteiger partial charge in [0.05, 0.1) is 18.2 Å². The molecule has 3 aromatic rings. The number of hydrogen-bond donors (Lipinski definition) is 1. The van der Waals surface area contributed by atoms with E-state index in [1.807, 2.05) is 18.2 Å². The van der Waals surface area contributed by atoms with Crippen molar-refractivity contribution < 1.29 is 4.74 Å². The van der Waals surface area contributed by atoms with Crippen LogP contribution in [0.5, 0.6) is 0 Å². The Labute approximate surface area is 200 Å². The van der Waals surface area contributed by atoms with Gasteiger partial charge in [-0.05, 0) is 73.0 Å². The summed E-state index contributed by atoms with van der Waals surface area (Å²) in [5.41, 5.74) is 2.79. The van der Waals surface area contributed by atoms with Crippen molar-refractivity contribution in [2.45, 2.75) is 89.9 Å². The standard InChI is InChI=1S/C26H36N6O2/c1-3-24(25-28-29-30-32(25)21-8-5-4-6-9-21)31(17-22-10-7-13-34-22)16-20-15-19-14-18(2)11-12-23(19)27-26(20)33/h11-12,14-15,21-22,24H,3-10,13,16-17H2,1-2H3,(H,27,33)/t22-,24-/m1/s1. The summed E-state index contributed by atoms with van der Waals surface area (Å²) in [4.78, 5) is 18.5. The highest BCUT2D eigenvalue weighted by molar-refractivity contribution is 5.79. The van der Waals surface area contributed by atoms with Crippen LogP contribution in [-0.4, -0.2) is 49.3 Å². The first kappa shape index (κ1) is 23.2. The quantitative estimate of drug-likeness (QED) is 0.529. The highest BCUT2D eigenvalue weighted by Gasteiger charge is 2.31. The SMILES string of the molecule is CC[C@H](c1nnnn1C1CCCCC1)N(Cc1cc2cc(C)ccc2[nH]c1=O)C[C@H]1CCCO1. The zero-order valence-electron chi connectivity index (χ0n) is 20.4. The van der Waals surface area contributed by atoms with Crippen molar-refractivity contribution >= 4 is 10.9 Å². The highest BCUT2D eigenvalue weighted by atomic mass is 16.5. The third kappa shape index (κ3) is 4.93. The Hall–Kier alpha value is -2.58. The number of nitrogens with zero attached hydrogens (tertiary/aromatic N) is 5. The second-order valence-corrected chi connectivity index (χ2v) is 9.98. The fourth-order valence-electron chi connectivity index (χ4n) is 5.67. The molecule has 0 unspecified atom stereocenters. The zero-order chi connectivity index (χ0) is 23.5. The lowest BCUT2D eigenvalue weighted by atomic mass is 9.95. The van der Waals surface area contributed by atoms with Gasteiger partial charge in [0, 0.05) is 30.8 Å². The third-order valence-corrected chi connectivity index (χ3v) is 7.48. The monoisotopic (exact) mass is 464 g/mol. The average molecular weight is 465 g/mol. The van der Waals surface area contributed by atoms with Crippen LogP contribution in [0.1, 0.15) is 87.3 Å². The lowest BCUT2D eigenvalue weighted by Gasteiger charge is -2.33. The van der Waals surface area contributed by atoms with E-state index in [1.54, 1.807) is 0 Å². The van der Waals surface area contributed by atoms with Gasteiger partial charge in [0.15, 0.2) is 5.82 Å². The van der Waals surface area contributed by atoms with Gasteiger partial charge in [-0.25, -0.2) is 4.68 Å². The van der Waals surface area contributed by atoms with Crippen molar-refractivity contribution in [2.75, 3.05) is 13.2 Å². The Kier molecular flexibility index (Phi) is 7.06. The Morgan fingerprint density at radius 3 is 2.79 bits per heavy atom. The molecule has 1 aromatic carbocycles. The zero-order valence-corrected chi connectivity index (χ0v) is 20.4. The fourth-order valence-corrected chi connectivity index (χ4v) is 5.67. The Morgan fingerprint density at radius 1 is 1.18 bits per heavy atom. The molecule has 2 fully saturated rings. The van der Waals surface area contributed by atoms with Crippen LogP contribution in [-0.2, 0) is 11.3 Å². The van der Waals surface area contributed by atoms with Gasteiger partial charge >= 0.3 is 0 Å². The first-order valence-corrected chi connectivity index (χ1v) is 12.9. The average Bonchev–Trinajstić information content (AvgIpc) is 3.53. The maximum Gasteiger partial charge on any atom is 0.252 e. The fraction of sp³-hybridized carbons (Fsp3) is 0.615. The maximum atomic E-state index is 13.0. The molecule has 0 spiro atoms. The van der Waals surface area contributed by atoms with Crippen molar-refractivity contribution in [3.8, 4) is 0 Å². The normalized spacial score (nSPS) is 20.4. The molecule has 2 aliphatic rings. The van der Waals surface area contributed by atoms with Gasteiger partial charge < -0.3 is 9.72 Å². The summed E-state index contributed by atoms with van der Waals surface area (Å²) in [5.74, 6) is 0.917. The first-order valence-electron chi connectivity index (χ1n) is 12.9. The van der Waals surface area contributed by atoms with E-state index < -0.39 is 0 Å². The second-order valence-electron chi connectivity index (χ2n) is 9.98. The number of aromatic amines is 1. The number of aromatic nitrogens is 5. The van der Waals surface area contributed by atoms with Crippen LogP contribution in [0.2, 0.25) is 0 Å². The summed E-state index contributed by atoms with van der Waals surface area (Å²) in [7, 11) is 0. The minimum absolute atomic E-state index is 0.0220. The number of hydrogen-bond acceptors (Lipinski definition) is 6. The van der Waals surface area contributed by atoms with E-state index in [1.165, 1.54) is 24.8 Å². The molecule has 0 bridgehead atoms. The van der Waals surface area contributed by atoms with Crippen LogP contribution >= 0.6 is 0 Å². The molecule has 182 valence electrons. The summed E-state index contributed by atoms with van der Waals surface area (Å²) in [6.07, 6.45) is 9.19. The van der Waals surface area contributed by atoms with Gasteiger partial charge in [0.25, 0.3) is 5.56 Å². The predicted molar refractivity (Wildman–Crippen MR) is 132 cm³/mol. The third-order valence-electron chi connectivity index (χ3n) is 7.48. The molecule has 8 nitrogen and oxygen atoms in total. The molecular weight excluding hydrogens is 428 g/mol. The van der Waals surface area contributed by atoms with E-state index in [9.17, 15) is 4.79 Å². The number of aryl methyl sites for hydroxylation is 1. The molecule has 3 heterocycles. The van der Waals surface area contributed by atoms with Crippen LogP contribution in [0.4, 0.5) is 0 Å². The smallest absolute Gasteiger partial charge is 0.252 e. The van der Waals surface area contributed by atoms with Crippen molar-refractivity contribution in [2.24, 2.45) is 0 Å². The van der Waals surface area contributed by atoms with Gasteiger partial charge in [0.1, 0.15) is 0 Å². The number of pyridine rings is 1. The molecule has 8 heteroatoms. The molecular formula is C26H36N6O2. The van der Waals surface area contributed by atoms with Crippen molar-refractivity contribution in [3.63, 3.8) is 0 Å². The lowest BCUT2D eigenvalue weighted by molar-refractivity contribution is 0.0481. The minimum atomic E-state index is -0.0320. The van der Waals surface area contributed by atoms with Crippen LogP contribution in [0.3, 0.4) is 0 Å².